The highest BCUT2D eigenvalue weighted by molar-refractivity contribution is 5.91. The monoisotopic (exact) mass is 351 g/mol. The Morgan fingerprint density at radius 1 is 1.04 bits per heavy atom. The number of hydrogen-bond acceptors (Lipinski definition) is 3. The van der Waals surface area contributed by atoms with E-state index < -0.39 is 17.6 Å². The Morgan fingerprint density at radius 2 is 1.76 bits per heavy atom. The lowest BCUT2D eigenvalue weighted by atomic mass is 10.1. The molecule has 1 aliphatic heterocycles. The molecule has 1 N–H and O–H groups in total. The maximum atomic E-state index is 12.9. The van der Waals surface area contributed by atoms with Crippen molar-refractivity contribution in [1.29, 1.82) is 0 Å². The standard InChI is InChI=1S/C18H16F3NO3/c19-18(20,21)13-3-1-2-4-14(13)22-17(23)8-6-12-5-7-15-16(11-12)25-10-9-24-15/h1-5,7,11H,6,8-10H2,(H,22,23). The number of para-hydroxylation sites is 1. The number of nitrogens with one attached hydrogen (secondary N) is 1. The van der Waals surface area contributed by atoms with Crippen molar-refractivity contribution in [1.82, 2.24) is 0 Å². The van der Waals surface area contributed by atoms with Crippen molar-refractivity contribution in [3.63, 3.8) is 0 Å². The fraction of sp³-hybridized carbons (Fsp3) is 0.278. The van der Waals surface area contributed by atoms with Gasteiger partial charge in [-0.15, -0.1) is 0 Å². The Kier molecular flexibility index (Phi) is 4.83. The number of carbonyl (C=O) groups is 1. The van der Waals surface area contributed by atoms with Gasteiger partial charge in [-0.25, -0.2) is 0 Å². The molecule has 1 heterocycles. The molecule has 0 unspecified atom stereocenters. The first-order chi connectivity index (χ1) is 11.9. The Labute approximate surface area is 142 Å². The van der Waals surface area contributed by atoms with Crippen molar-refractivity contribution < 1.29 is 27.4 Å². The number of ether oxygens (including phenoxy) is 2. The van der Waals surface area contributed by atoms with Crippen LogP contribution in [-0.2, 0) is 17.4 Å². The predicted octanol–water partition coefficient (Wildman–Crippen LogP) is 4.05. The fourth-order valence-corrected chi connectivity index (χ4v) is 2.55. The summed E-state index contributed by atoms with van der Waals surface area (Å²) in [6.07, 6.45) is -4.07. The van der Waals surface area contributed by atoms with Gasteiger partial charge in [0.1, 0.15) is 13.2 Å². The maximum Gasteiger partial charge on any atom is 0.418 e. The van der Waals surface area contributed by atoms with Gasteiger partial charge >= 0.3 is 6.18 Å². The van der Waals surface area contributed by atoms with Crippen LogP contribution in [0.1, 0.15) is 17.5 Å². The van der Waals surface area contributed by atoms with Crippen molar-refractivity contribution in [3.8, 4) is 11.5 Å². The van der Waals surface area contributed by atoms with Crippen LogP contribution in [0.4, 0.5) is 18.9 Å². The van der Waals surface area contributed by atoms with Crippen molar-refractivity contribution in [2.24, 2.45) is 0 Å². The number of anilines is 1. The minimum atomic E-state index is -4.51. The Balaban J connectivity index is 1.62. The van der Waals surface area contributed by atoms with Crippen LogP contribution in [-0.4, -0.2) is 19.1 Å². The third-order valence-corrected chi connectivity index (χ3v) is 3.75. The highest BCUT2D eigenvalue weighted by Gasteiger charge is 2.33. The van der Waals surface area contributed by atoms with Crippen molar-refractivity contribution in [3.05, 3.63) is 53.6 Å². The van der Waals surface area contributed by atoms with Crippen molar-refractivity contribution in [2.75, 3.05) is 18.5 Å². The number of fused-ring (bicyclic) bond motifs is 1. The number of amides is 1. The maximum absolute atomic E-state index is 12.9. The average molecular weight is 351 g/mol. The lowest BCUT2D eigenvalue weighted by Gasteiger charge is -2.18. The van der Waals surface area contributed by atoms with E-state index in [1.54, 1.807) is 12.1 Å². The molecule has 1 aliphatic rings. The molecule has 2 aromatic rings. The zero-order valence-corrected chi connectivity index (χ0v) is 13.2. The Morgan fingerprint density at radius 3 is 2.52 bits per heavy atom. The summed E-state index contributed by atoms with van der Waals surface area (Å²) in [5.41, 5.74) is -0.242. The van der Waals surface area contributed by atoms with Crippen LogP contribution in [0.3, 0.4) is 0 Å². The first kappa shape index (κ1) is 17.1. The lowest BCUT2D eigenvalue weighted by molar-refractivity contribution is -0.137. The molecule has 0 bridgehead atoms. The molecule has 0 aliphatic carbocycles. The molecule has 2 aromatic carbocycles. The third kappa shape index (κ3) is 4.23. The van der Waals surface area contributed by atoms with E-state index in [4.69, 9.17) is 9.47 Å². The van der Waals surface area contributed by atoms with Crippen LogP contribution in [0.25, 0.3) is 0 Å². The topological polar surface area (TPSA) is 47.6 Å². The number of hydrogen-bond donors (Lipinski definition) is 1. The highest BCUT2D eigenvalue weighted by Crippen LogP contribution is 2.35. The third-order valence-electron chi connectivity index (χ3n) is 3.75. The highest BCUT2D eigenvalue weighted by atomic mass is 19.4. The quantitative estimate of drug-likeness (QED) is 0.904. The molecule has 0 saturated heterocycles. The minimum absolute atomic E-state index is 0.0613. The van der Waals surface area contributed by atoms with Crippen molar-refractivity contribution in [2.45, 2.75) is 19.0 Å². The summed E-state index contributed by atoms with van der Waals surface area (Å²) in [6, 6.07) is 10.3. The van der Waals surface area contributed by atoms with E-state index in [0.29, 0.717) is 31.1 Å². The summed E-state index contributed by atoms with van der Waals surface area (Å²) in [5, 5.41) is 2.33. The number of halogens is 3. The van der Waals surface area contributed by atoms with E-state index in [-0.39, 0.29) is 12.1 Å². The normalized spacial score (nSPS) is 13.4. The second kappa shape index (κ2) is 7.04. The Hall–Kier alpha value is -2.70. The van der Waals surface area contributed by atoms with Crippen LogP contribution in [0.5, 0.6) is 11.5 Å². The van der Waals surface area contributed by atoms with Gasteiger partial charge in [0.15, 0.2) is 11.5 Å². The average Bonchev–Trinajstić information content (AvgIpc) is 2.59. The summed E-state index contributed by atoms with van der Waals surface area (Å²) < 4.78 is 49.7. The molecular formula is C18H16F3NO3. The van der Waals surface area contributed by atoms with Gasteiger partial charge in [0.2, 0.25) is 5.91 Å². The first-order valence-electron chi connectivity index (χ1n) is 7.78. The van der Waals surface area contributed by atoms with Crippen LogP contribution >= 0.6 is 0 Å². The molecule has 25 heavy (non-hydrogen) atoms. The van der Waals surface area contributed by atoms with Crippen molar-refractivity contribution >= 4 is 11.6 Å². The van der Waals surface area contributed by atoms with Gasteiger partial charge in [0.25, 0.3) is 0 Å². The van der Waals surface area contributed by atoms with Gasteiger partial charge in [-0.1, -0.05) is 18.2 Å². The fourth-order valence-electron chi connectivity index (χ4n) is 2.55. The van der Waals surface area contributed by atoms with Gasteiger partial charge in [-0.2, -0.15) is 13.2 Å². The van der Waals surface area contributed by atoms with Crippen LogP contribution in [0.2, 0.25) is 0 Å². The van der Waals surface area contributed by atoms with Gasteiger partial charge in [-0.3, -0.25) is 4.79 Å². The number of alkyl halides is 3. The summed E-state index contributed by atoms with van der Waals surface area (Å²) in [5.74, 6) is 0.789. The van der Waals surface area contributed by atoms with Crippen LogP contribution in [0, 0.1) is 0 Å². The Bertz CT molecular complexity index is 774. The van der Waals surface area contributed by atoms with E-state index in [1.807, 2.05) is 6.07 Å². The second-order valence-corrected chi connectivity index (χ2v) is 5.57. The van der Waals surface area contributed by atoms with Gasteiger partial charge in [0, 0.05) is 6.42 Å². The predicted molar refractivity (Wildman–Crippen MR) is 85.8 cm³/mol. The van der Waals surface area contributed by atoms with Gasteiger partial charge < -0.3 is 14.8 Å². The van der Waals surface area contributed by atoms with E-state index in [9.17, 15) is 18.0 Å². The van der Waals surface area contributed by atoms with Crippen LogP contribution in [0.15, 0.2) is 42.5 Å². The van der Waals surface area contributed by atoms with E-state index in [2.05, 4.69) is 5.32 Å². The molecule has 0 saturated carbocycles. The molecule has 0 atom stereocenters. The minimum Gasteiger partial charge on any atom is -0.486 e. The number of carbonyl (C=O) groups excluding carboxylic acids is 1. The molecule has 4 nitrogen and oxygen atoms in total. The lowest BCUT2D eigenvalue weighted by Crippen LogP contribution is -2.17. The number of aryl methyl sites for hydroxylation is 1. The van der Waals surface area contributed by atoms with E-state index >= 15 is 0 Å². The molecule has 0 fully saturated rings. The van der Waals surface area contributed by atoms with Gasteiger partial charge in [-0.05, 0) is 36.2 Å². The molecule has 0 aromatic heterocycles. The number of benzene rings is 2. The molecule has 7 heteroatoms. The first-order valence-corrected chi connectivity index (χ1v) is 7.78. The number of rotatable bonds is 4. The second-order valence-electron chi connectivity index (χ2n) is 5.57. The van der Waals surface area contributed by atoms with Gasteiger partial charge in [0.05, 0.1) is 11.3 Å². The summed E-state index contributed by atoms with van der Waals surface area (Å²) in [7, 11) is 0. The smallest absolute Gasteiger partial charge is 0.418 e. The van der Waals surface area contributed by atoms with E-state index in [0.717, 1.165) is 11.6 Å². The molecule has 3 rings (SSSR count). The SMILES string of the molecule is O=C(CCc1ccc2c(c1)OCCO2)Nc1ccccc1C(F)(F)F. The van der Waals surface area contributed by atoms with Crippen LogP contribution < -0.4 is 14.8 Å². The summed E-state index contributed by atoms with van der Waals surface area (Å²) >= 11 is 0. The zero-order chi connectivity index (χ0) is 17.9. The summed E-state index contributed by atoms with van der Waals surface area (Å²) in [4.78, 5) is 12.0. The van der Waals surface area contributed by atoms with E-state index in [1.165, 1.54) is 18.2 Å². The largest absolute Gasteiger partial charge is 0.486 e. The molecular weight excluding hydrogens is 335 g/mol. The molecule has 1 amide bonds. The molecule has 132 valence electrons. The summed E-state index contributed by atoms with van der Waals surface area (Å²) in [6.45, 7) is 0.957. The molecule has 0 radical (unpaired) electrons. The zero-order valence-electron chi connectivity index (χ0n) is 13.2. The molecule has 0 spiro atoms.